The van der Waals surface area contributed by atoms with E-state index in [1.807, 2.05) is 6.92 Å². The van der Waals surface area contributed by atoms with E-state index in [4.69, 9.17) is 17.0 Å². The molecular formula is C19H20BrN3O3S. The molecule has 0 radical (unpaired) electrons. The summed E-state index contributed by atoms with van der Waals surface area (Å²) < 4.78 is 5.96. The van der Waals surface area contributed by atoms with Crippen LogP contribution in [0, 0.1) is 0 Å². The van der Waals surface area contributed by atoms with Crippen molar-refractivity contribution in [1.29, 1.82) is 0 Å². The largest absolute Gasteiger partial charge is 0.496 e. The third-order valence-corrected chi connectivity index (χ3v) is 4.27. The van der Waals surface area contributed by atoms with E-state index in [1.165, 1.54) is 7.11 Å². The van der Waals surface area contributed by atoms with Gasteiger partial charge in [-0.15, -0.1) is 0 Å². The summed E-state index contributed by atoms with van der Waals surface area (Å²) in [5.74, 6) is -0.0665. The fourth-order valence-electron chi connectivity index (χ4n) is 2.24. The molecule has 0 aliphatic heterocycles. The van der Waals surface area contributed by atoms with Gasteiger partial charge in [-0.1, -0.05) is 22.9 Å². The Labute approximate surface area is 171 Å². The van der Waals surface area contributed by atoms with Crippen LogP contribution in [0.2, 0.25) is 0 Å². The third kappa shape index (κ3) is 6.04. The average Bonchev–Trinajstić information content (AvgIpc) is 2.66. The van der Waals surface area contributed by atoms with Gasteiger partial charge in [0.2, 0.25) is 0 Å². The average molecular weight is 450 g/mol. The van der Waals surface area contributed by atoms with Gasteiger partial charge in [-0.25, -0.2) is 0 Å². The number of amides is 2. The highest BCUT2D eigenvalue weighted by Crippen LogP contribution is 2.22. The van der Waals surface area contributed by atoms with Crippen molar-refractivity contribution in [3.05, 3.63) is 58.1 Å². The molecule has 0 saturated heterocycles. The lowest BCUT2D eigenvalue weighted by molar-refractivity contribution is 0.0951. The van der Waals surface area contributed by atoms with E-state index in [2.05, 4.69) is 31.9 Å². The highest BCUT2D eigenvalue weighted by Gasteiger charge is 2.14. The second-order valence-electron chi connectivity index (χ2n) is 5.59. The third-order valence-electron chi connectivity index (χ3n) is 3.57. The van der Waals surface area contributed by atoms with Crippen LogP contribution in [-0.4, -0.2) is 30.6 Å². The fourth-order valence-corrected chi connectivity index (χ4v) is 2.81. The molecule has 0 bridgehead atoms. The number of nitrogens with one attached hydrogen (secondary N) is 3. The molecule has 0 saturated carbocycles. The summed E-state index contributed by atoms with van der Waals surface area (Å²) >= 11 is 8.52. The molecule has 2 aromatic rings. The van der Waals surface area contributed by atoms with Crippen LogP contribution in [0.3, 0.4) is 0 Å². The zero-order valence-electron chi connectivity index (χ0n) is 15.0. The van der Waals surface area contributed by atoms with Gasteiger partial charge >= 0.3 is 0 Å². The van der Waals surface area contributed by atoms with Crippen molar-refractivity contribution in [2.24, 2.45) is 0 Å². The predicted molar refractivity (Wildman–Crippen MR) is 113 cm³/mol. The molecule has 0 fully saturated rings. The molecule has 3 N–H and O–H groups in total. The van der Waals surface area contributed by atoms with Crippen molar-refractivity contribution in [2.75, 3.05) is 19.0 Å². The molecule has 8 heteroatoms. The van der Waals surface area contributed by atoms with Crippen LogP contribution in [0.4, 0.5) is 5.69 Å². The Morgan fingerprint density at radius 2 is 1.81 bits per heavy atom. The van der Waals surface area contributed by atoms with Crippen LogP contribution in [0.1, 0.15) is 34.1 Å². The van der Waals surface area contributed by atoms with Crippen molar-refractivity contribution in [3.8, 4) is 5.75 Å². The Kier molecular flexibility index (Phi) is 7.75. The maximum absolute atomic E-state index is 12.4. The molecule has 2 rings (SSSR count). The zero-order valence-corrected chi connectivity index (χ0v) is 17.4. The van der Waals surface area contributed by atoms with Gasteiger partial charge in [-0.2, -0.15) is 0 Å². The Bertz CT molecular complexity index is 841. The highest BCUT2D eigenvalue weighted by molar-refractivity contribution is 9.10. The lowest BCUT2D eigenvalue weighted by atomic mass is 10.2. The van der Waals surface area contributed by atoms with Gasteiger partial charge in [0.1, 0.15) is 5.75 Å². The van der Waals surface area contributed by atoms with Crippen molar-refractivity contribution < 1.29 is 14.3 Å². The van der Waals surface area contributed by atoms with Crippen LogP contribution >= 0.6 is 28.1 Å². The lowest BCUT2D eigenvalue weighted by Crippen LogP contribution is -2.34. The maximum Gasteiger partial charge on any atom is 0.261 e. The van der Waals surface area contributed by atoms with E-state index in [1.54, 1.807) is 42.5 Å². The predicted octanol–water partition coefficient (Wildman–Crippen LogP) is 3.72. The number of hydrogen-bond acceptors (Lipinski definition) is 4. The van der Waals surface area contributed by atoms with E-state index in [9.17, 15) is 9.59 Å². The molecule has 2 amide bonds. The first-order valence-electron chi connectivity index (χ1n) is 8.28. The van der Waals surface area contributed by atoms with Crippen molar-refractivity contribution in [3.63, 3.8) is 0 Å². The minimum atomic E-state index is -0.388. The smallest absolute Gasteiger partial charge is 0.261 e. The molecular weight excluding hydrogens is 430 g/mol. The molecule has 0 spiro atoms. The van der Waals surface area contributed by atoms with E-state index in [0.717, 1.165) is 10.9 Å². The monoisotopic (exact) mass is 449 g/mol. The van der Waals surface area contributed by atoms with E-state index in [-0.39, 0.29) is 16.9 Å². The van der Waals surface area contributed by atoms with Gasteiger partial charge < -0.3 is 15.4 Å². The standard InChI is InChI=1S/C19H20BrN3O3S/c1-3-10-21-17(24)12-4-7-14(8-5-12)22-19(27)23-18(25)15-11-13(20)6-9-16(15)26-2/h4-9,11H,3,10H2,1-2H3,(H,21,24)(H2,22,23,25,27). The summed E-state index contributed by atoms with van der Waals surface area (Å²) in [4.78, 5) is 24.3. The molecule has 6 nitrogen and oxygen atoms in total. The molecule has 0 unspecified atom stereocenters. The first-order valence-corrected chi connectivity index (χ1v) is 9.49. The van der Waals surface area contributed by atoms with Gasteiger partial charge in [0.15, 0.2) is 5.11 Å². The van der Waals surface area contributed by atoms with Crippen molar-refractivity contribution in [2.45, 2.75) is 13.3 Å². The number of benzene rings is 2. The van der Waals surface area contributed by atoms with Gasteiger partial charge in [0.25, 0.3) is 11.8 Å². The fraction of sp³-hybridized carbons (Fsp3) is 0.211. The minimum Gasteiger partial charge on any atom is -0.496 e. The van der Waals surface area contributed by atoms with E-state index < -0.39 is 0 Å². The Morgan fingerprint density at radius 3 is 2.44 bits per heavy atom. The molecule has 2 aromatic carbocycles. The molecule has 0 aliphatic carbocycles. The first-order chi connectivity index (χ1) is 12.9. The van der Waals surface area contributed by atoms with Gasteiger partial charge in [0.05, 0.1) is 12.7 Å². The second-order valence-corrected chi connectivity index (χ2v) is 6.91. The number of carbonyl (C=O) groups is 2. The first kappa shape index (κ1) is 20.9. The SMILES string of the molecule is CCCNC(=O)c1ccc(NC(=S)NC(=O)c2cc(Br)ccc2OC)cc1. The Balaban J connectivity index is 1.98. The molecule has 0 aliphatic rings. The normalized spacial score (nSPS) is 10.0. The summed E-state index contributed by atoms with van der Waals surface area (Å²) in [6.07, 6.45) is 0.877. The molecule has 27 heavy (non-hydrogen) atoms. The summed E-state index contributed by atoms with van der Waals surface area (Å²) in [6.45, 7) is 2.63. The summed E-state index contributed by atoms with van der Waals surface area (Å²) in [6, 6.07) is 11.9. The van der Waals surface area contributed by atoms with Gasteiger partial charge in [-0.05, 0) is 61.1 Å². The molecule has 0 heterocycles. The van der Waals surface area contributed by atoms with Gasteiger partial charge in [-0.3, -0.25) is 14.9 Å². The number of ether oxygens (including phenoxy) is 1. The number of thiocarbonyl (C=S) groups is 1. The van der Waals surface area contributed by atoms with E-state index in [0.29, 0.717) is 29.1 Å². The van der Waals surface area contributed by atoms with Crippen molar-refractivity contribution in [1.82, 2.24) is 10.6 Å². The lowest BCUT2D eigenvalue weighted by Gasteiger charge is -2.12. The number of methoxy groups -OCH3 is 1. The number of halogens is 1. The molecule has 0 atom stereocenters. The number of hydrogen-bond donors (Lipinski definition) is 3. The summed E-state index contributed by atoms with van der Waals surface area (Å²) in [7, 11) is 1.49. The van der Waals surface area contributed by atoms with Crippen LogP contribution in [-0.2, 0) is 0 Å². The number of carbonyl (C=O) groups excluding carboxylic acids is 2. The minimum absolute atomic E-state index is 0.124. The van der Waals surface area contributed by atoms with Crippen LogP contribution in [0.15, 0.2) is 46.9 Å². The Morgan fingerprint density at radius 1 is 1.11 bits per heavy atom. The zero-order chi connectivity index (χ0) is 19.8. The maximum atomic E-state index is 12.4. The Hall–Kier alpha value is -2.45. The van der Waals surface area contributed by atoms with Crippen LogP contribution in [0.25, 0.3) is 0 Å². The van der Waals surface area contributed by atoms with Crippen LogP contribution < -0.4 is 20.7 Å². The highest BCUT2D eigenvalue weighted by atomic mass is 79.9. The molecule has 142 valence electrons. The molecule has 0 aromatic heterocycles. The second kappa shape index (κ2) is 10.0. The van der Waals surface area contributed by atoms with E-state index >= 15 is 0 Å². The number of rotatable bonds is 6. The summed E-state index contributed by atoms with van der Waals surface area (Å²) in [5, 5.41) is 8.49. The number of anilines is 1. The topological polar surface area (TPSA) is 79.5 Å². The van der Waals surface area contributed by atoms with Gasteiger partial charge in [0, 0.05) is 22.3 Å². The van der Waals surface area contributed by atoms with Crippen molar-refractivity contribution >= 4 is 50.8 Å². The van der Waals surface area contributed by atoms with Crippen LogP contribution in [0.5, 0.6) is 5.75 Å². The summed E-state index contributed by atoms with van der Waals surface area (Å²) in [5.41, 5.74) is 1.58. The quantitative estimate of drug-likeness (QED) is 0.585.